The van der Waals surface area contributed by atoms with Gasteiger partial charge >= 0.3 is 6.09 Å². The number of halogens is 2. The smallest absolute Gasteiger partial charge is 0.407 e. The van der Waals surface area contributed by atoms with Crippen LogP contribution in [-0.2, 0) is 27.4 Å². The first-order valence-electron chi connectivity index (χ1n) is 14.8. The largest absolute Gasteiger partial charge is 0.506 e. The number of anilines is 1. The number of benzene rings is 2. The highest BCUT2D eigenvalue weighted by molar-refractivity contribution is 9.11. The molecule has 240 valence electrons. The summed E-state index contributed by atoms with van der Waals surface area (Å²) in [5.74, 6) is -0.535. The van der Waals surface area contributed by atoms with Crippen LogP contribution in [0.4, 0.5) is 10.5 Å². The van der Waals surface area contributed by atoms with Gasteiger partial charge in [0.25, 0.3) is 0 Å². The number of hydrogen-bond donors (Lipinski definition) is 4. The van der Waals surface area contributed by atoms with Crippen LogP contribution in [0.2, 0.25) is 0 Å². The standard InChI is InChI=1S/C32H38Br2N6O5/c33-25-18-23(19-26(34)29(25)41)20-27(35)30(42)38-28(8-4-5-11-37-32(44)45-21-22-6-2-1-3-7-22)31(43)40-16-14-39(15-17-40)24-9-12-36-13-10-24/h1-3,6-7,9-10,12-13,18-19,27-28,41H,4-5,8,11,14-17,20-21,35H2,(H,37,44)(H,38,42)/t27-,28?/m1/s1. The van der Waals surface area contributed by atoms with Gasteiger partial charge in [0.05, 0.1) is 15.0 Å². The van der Waals surface area contributed by atoms with Gasteiger partial charge in [0.1, 0.15) is 18.4 Å². The topological polar surface area (TPSA) is 150 Å². The molecule has 13 heteroatoms. The summed E-state index contributed by atoms with van der Waals surface area (Å²) in [6.45, 7) is 2.91. The van der Waals surface area contributed by atoms with Crippen molar-refractivity contribution in [1.29, 1.82) is 0 Å². The number of carbonyl (C=O) groups is 3. The van der Waals surface area contributed by atoms with Crippen molar-refractivity contribution >= 4 is 55.5 Å². The number of nitrogens with zero attached hydrogens (tertiary/aromatic N) is 3. The second-order valence-corrected chi connectivity index (χ2v) is 12.5. The van der Waals surface area contributed by atoms with E-state index in [1.807, 2.05) is 42.5 Å². The fourth-order valence-corrected chi connectivity index (χ4v) is 6.30. The molecule has 2 heterocycles. The number of alkyl carbamates (subject to hydrolysis) is 1. The summed E-state index contributed by atoms with van der Waals surface area (Å²) in [5.41, 5.74) is 8.97. The molecule has 0 bridgehead atoms. The minimum Gasteiger partial charge on any atom is -0.506 e. The lowest BCUT2D eigenvalue weighted by molar-refractivity contribution is -0.137. The Morgan fingerprint density at radius 3 is 2.29 bits per heavy atom. The lowest BCUT2D eigenvalue weighted by atomic mass is 10.0. The predicted octanol–water partition coefficient (Wildman–Crippen LogP) is 4.11. The number of piperazine rings is 1. The zero-order valence-corrected chi connectivity index (χ0v) is 28.0. The first-order chi connectivity index (χ1) is 21.7. The molecule has 1 fully saturated rings. The van der Waals surface area contributed by atoms with E-state index < -0.39 is 24.1 Å². The maximum Gasteiger partial charge on any atom is 0.407 e. The Bertz CT molecular complexity index is 1400. The minimum absolute atomic E-state index is 0.0606. The number of aromatic nitrogens is 1. The zero-order valence-electron chi connectivity index (χ0n) is 24.8. The van der Waals surface area contributed by atoms with Gasteiger partial charge < -0.3 is 36.0 Å². The molecule has 1 aliphatic rings. The van der Waals surface area contributed by atoms with Gasteiger partial charge in [-0.2, -0.15) is 0 Å². The van der Waals surface area contributed by atoms with Crippen molar-refractivity contribution in [2.24, 2.45) is 5.73 Å². The molecule has 0 aliphatic carbocycles. The monoisotopic (exact) mass is 744 g/mol. The number of rotatable bonds is 13. The number of phenols is 1. The third-order valence-corrected chi connectivity index (χ3v) is 8.71. The fourth-order valence-electron chi connectivity index (χ4n) is 5.02. The van der Waals surface area contributed by atoms with Crippen molar-refractivity contribution in [2.75, 3.05) is 37.6 Å². The van der Waals surface area contributed by atoms with Gasteiger partial charge in [0, 0.05) is 50.8 Å². The van der Waals surface area contributed by atoms with Crippen LogP contribution in [0, 0.1) is 0 Å². The third kappa shape index (κ3) is 10.4. The molecule has 1 aromatic heterocycles. The highest BCUT2D eigenvalue weighted by Gasteiger charge is 2.30. The van der Waals surface area contributed by atoms with E-state index in [-0.39, 0.29) is 24.7 Å². The van der Waals surface area contributed by atoms with Crippen molar-refractivity contribution in [3.05, 3.63) is 87.1 Å². The summed E-state index contributed by atoms with van der Waals surface area (Å²) < 4.78 is 6.22. The molecular weight excluding hydrogens is 708 g/mol. The van der Waals surface area contributed by atoms with Crippen molar-refractivity contribution < 1.29 is 24.2 Å². The van der Waals surface area contributed by atoms with E-state index in [1.165, 1.54) is 0 Å². The van der Waals surface area contributed by atoms with Gasteiger partial charge in [-0.25, -0.2) is 4.79 Å². The van der Waals surface area contributed by atoms with Crippen LogP contribution < -0.4 is 21.3 Å². The van der Waals surface area contributed by atoms with Gasteiger partial charge in [-0.15, -0.1) is 0 Å². The average Bonchev–Trinajstić information content (AvgIpc) is 3.06. The Kier molecular flexibility index (Phi) is 13.0. The minimum atomic E-state index is -0.909. The Balaban J connectivity index is 1.31. The SMILES string of the molecule is N[C@H](Cc1cc(Br)c(O)c(Br)c1)C(=O)NC(CCCCNC(=O)OCc1ccccc1)C(=O)N1CCN(c2ccncc2)CC1. The van der Waals surface area contributed by atoms with E-state index >= 15 is 0 Å². The highest BCUT2D eigenvalue weighted by atomic mass is 79.9. The number of amides is 3. The van der Waals surface area contributed by atoms with Crippen LogP contribution >= 0.6 is 31.9 Å². The van der Waals surface area contributed by atoms with E-state index in [1.54, 1.807) is 29.4 Å². The molecule has 3 aromatic rings. The molecular formula is C32H38Br2N6O5. The van der Waals surface area contributed by atoms with Crippen LogP contribution in [0.15, 0.2) is 75.9 Å². The third-order valence-electron chi connectivity index (χ3n) is 7.50. The van der Waals surface area contributed by atoms with Crippen LogP contribution in [0.25, 0.3) is 0 Å². The normalized spacial score (nSPS) is 14.4. The van der Waals surface area contributed by atoms with Gasteiger partial charge in [0.15, 0.2) is 0 Å². The van der Waals surface area contributed by atoms with E-state index in [0.717, 1.165) is 16.8 Å². The van der Waals surface area contributed by atoms with E-state index in [4.69, 9.17) is 10.5 Å². The number of hydrogen-bond acceptors (Lipinski definition) is 8. The number of aromatic hydroxyl groups is 1. The highest BCUT2D eigenvalue weighted by Crippen LogP contribution is 2.33. The molecule has 1 unspecified atom stereocenters. The number of phenolic OH excluding ortho intramolecular Hbond substituents is 1. The first-order valence-corrected chi connectivity index (χ1v) is 16.4. The second-order valence-electron chi connectivity index (χ2n) is 10.8. The quantitative estimate of drug-likeness (QED) is 0.191. The first kappa shape index (κ1) is 34.2. The maximum absolute atomic E-state index is 13.7. The van der Waals surface area contributed by atoms with Crippen molar-refractivity contribution in [3.8, 4) is 5.75 Å². The Morgan fingerprint density at radius 2 is 1.62 bits per heavy atom. The van der Waals surface area contributed by atoms with Gasteiger partial charge in [-0.3, -0.25) is 14.6 Å². The lowest BCUT2D eigenvalue weighted by Crippen LogP contribution is -2.57. The summed E-state index contributed by atoms with van der Waals surface area (Å²) in [5, 5.41) is 15.6. The van der Waals surface area contributed by atoms with Crippen LogP contribution in [-0.4, -0.2) is 77.7 Å². The molecule has 2 aromatic carbocycles. The number of carbonyl (C=O) groups excluding carboxylic acids is 3. The number of ether oxygens (including phenoxy) is 1. The number of nitrogens with two attached hydrogens (primary N) is 1. The van der Waals surface area contributed by atoms with Crippen LogP contribution in [0.5, 0.6) is 5.75 Å². The number of pyridine rings is 1. The van der Waals surface area contributed by atoms with Crippen molar-refractivity contribution in [1.82, 2.24) is 20.5 Å². The average molecular weight is 747 g/mol. The van der Waals surface area contributed by atoms with Gasteiger partial charge in [-0.1, -0.05) is 30.3 Å². The predicted molar refractivity (Wildman–Crippen MR) is 179 cm³/mol. The van der Waals surface area contributed by atoms with Crippen LogP contribution in [0.1, 0.15) is 30.4 Å². The lowest BCUT2D eigenvalue weighted by Gasteiger charge is -2.37. The molecule has 4 rings (SSSR count). The molecule has 5 N–H and O–H groups in total. The summed E-state index contributed by atoms with van der Waals surface area (Å²) >= 11 is 6.61. The summed E-state index contributed by atoms with van der Waals surface area (Å²) in [7, 11) is 0. The Hall–Kier alpha value is -3.68. The van der Waals surface area contributed by atoms with E-state index in [0.29, 0.717) is 60.9 Å². The molecule has 3 amide bonds. The van der Waals surface area contributed by atoms with Crippen molar-refractivity contribution in [3.63, 3.8) is 0 Å². The summed E-state index contributed by atoms with van der Waals surface area (Å²) in [4.78, 5) is 47.1. The molecule has 0 saturated carbocycles. The summed E-state index contributed by atoms with van der Waals surface area (Å²) in [6.07, 6.45) is 4.76. The molecule has 0 radical (unpaired) electrons. The number of nitrogens with one attached hydrogen (secondary N) is 2. The molecule has 1 saturated heterocycles. The molecule has 11 nitrogen and oxygen atoms in total. The Morgan fingerprint density at radius 1 is 0.956 bits per heavy atom. The fraction of sp³-hybridized carbons (Fsp3) is 0.375. The second kappa shape index (κ2) is 17.1. The maximum atomic E-state index is 13.7. The van der Waals surface area contributed by atoms with E-state index in [2.05, 4.69) is 52.4 Å². The molecule has 1 aliphatic heterocycles. The molecule has 45 heavy (non-hydrogen) atoms. The van der Waals surface area contributed by atoms with Gasteiger partial charge in [-0.05, 0) is 92.9 Å². The van der Waals surface area contributed by atoms with Crippen LogP contribution in [0.3, 0.4) is 0 Å². The zero-order chi connectivity index (χ0) is 32.2. The molecule has 2 atom stereocenters. The number of unbranched alkanes of at least 4 members (excludes halogenated alkanes) is 1. The molecule has 0 spiro atoms. The van der Waals surface area contributed by atoms with E-state index in [9.17, 15) is 19.5 Å². The van der Waals surface area contributed by atoms with Crippen molar-refractivity contribution in [2.45, 2.75) is 44.4 Å². The van der Waals surface area contributed by atoms with Gasteiger partial charge in [0.2, 0.25) is 11.8 Å². The Labute approximate surface area is 279 Å². The summed E-state index contributed by atoms with van der Waals surface area (Å²) in [6, 6.07) is 15.0.